The number of methoxy groups -OCH3 is 2. The second kappa shape index (κ2) is 13.1. The second-order valence-corrected chi connectivity index (χ2v) is 9.16. The summed E-state index contributed by atoms with van der Waals surface area (Å²) < 4.78 is 17.2. The van der Waals surface area contributed by atoms with Gasteiger partial charge in [-0.05, 0) is 70.4 Å². The third-order valence-electron chi connectivity index (χ3n) is 5.74. The van der Waals surface area contributed by atoms with Crippen molar-refractivity contribution < 1.29 is 28.6 Å². The fraction of sp³-hybridized carbons (Fsp3) is 0.370. The van der Waals surface area contributed by atoms with Gasteiger partial charge in [-0.3, -0.25) is 14.9 Å². The molecular formula is C27H31BrN2O6. The summed E-state index contributed by atoms with van der Waals surface area (Å²) in [4.78, 5) is 39.0. The fourth-order valence-electron chi connectivity index (χ4n) is 3.81. The highest BCUT2D eigenvalue weighted by atomic mass is 79.9. The van der Waals surface area contributed by atoms with Gasteiger partial charge in [0.15, 0.2) is 11.5 Å². The third kappa shape index (κ3) is 6.66. The number of halogens is 1. The number of amides is 4. The van der Waals surface area contributed by atoms with Crippen molar-refractivity contribution >= 4 is 45.5 Å². The molecular weight excluding hydrogens is 528 g/mol. The number of hydrogen-bond donors (Lipinski definition) is 1. The van der Waals surface area contributed by atoms with Gasteiger partial charge in [0.1, 0.15) is 11.3 Å². The summed E-state index contributed by atoms with van der Waals surface area (Å²) in [5.41, 5.74) is 0.669. The summed E-state index contributed by atoms with van der Waals surface area (Å²) in [7, 11) is 3.05. The molecule has 192 valence electrons. The van der Waals surface area contributed by atoms with Crippen molar-refractivity contribution in [2.24, 2.45) is 0 Å². The maximum absolute atomic E-state index is 13.2. The van der Waals surface area contributed by atoms with E-state index in [0.29, 0.717) is 39.6 Å². The summed E-state index contributed by atoms with van der Waals surface area (Å²) in [5, 5.41) is 2.22. The van der Waals surface area contributed by atoms with Gasteiger partial charge >= 0.3 is 6.03 Å². The van der Waals surface area contributed by atoms with Crippen LogP contribution in [0.1, 0.15) is 51.0 Å². The van der Waals surface area contributed by atoms with Crippen LogP contribution < -0.4 is 24.4 Å². The topological polar surface area (TPSA) is 94.2 Å². The van der Waals surface area contributed by atoms with E-state index in [4.69, 9.17) is 14.2 Å². The van der Waals surface area contributed by atoms with Crippen molar-refractivity contribution in [1.29, 1.82) is 0 Å². The maximum Gasteiger partial charge on any atom is 0.335 e. The molecule has 0 saturated carbocycles. The van der Waals surface area contributed by atoms with E-state index in [-0.39, 0.29) is 5.57 Å². The van der Waals surface area contributed by atoms with E-state index in [1.165, 1.54) is 46.0 Å². The number of unbranched alkanes of at least 4 members (excludes halogenated alkanes) is 5. The smallest absolute Gasteiger partial charge is 0.335 e. The predicted molar refractivity (Wildman–Crippen MR) is 142 cm³/mol. The van der Waals surface area contributed by atoms with Gasteiger partial charge in [0.05, 0.1) is 31.0 Å². The minimum atomic E-state index is -0.815. The number of anilines is 1. The Balaban J connectivity index is 1.79. The molecule has 0 atom stereocenters. The zero-order chi connectivity index (χ0) is 26.1. The SMILES string of the molecule is CCCCCCCCOc1c(Br)cc(/C=C2\C(=O)NC(=O)N(c3ccc(OC)cc3)C2=O)cc1OC. The van der Waals surface area contributed by atoms with Crippen molar-refractivity contribution in [2.75, 3.05) is 25.7 Å². The standard InChI is InChI=1S/C27H31BrN2O6/c1-4-5-6-7-8-9-14-36-24-22(28)16-18(17-23(24)35-3)15-21-25(31)29-27(33)30(26(21)32)19-10-12-20(34-2)13-11-19/h10-13,15-17H,4-9,14H2,1-3H3,(H,29,31,33)/b21-15+. The second-order valence-electron chi connectivity index (χ2n) is 8.31. The maximum atomic E-state index is 13.2. The molecule has 0 unspecified atom stereocenters. The Morgan fingerprint density at radius 2 is 1.64 bits per heavy atom. The molecule has 3 rings (SSSR count). The first-order valence-corrected chi connectivity index (χ1v) is 12.7. The Bertz CT molecular complexity index is 1130. The number of urea groups is 1. The summed E-state index contributed by atoms with van der Waals surface area (Å²) in [6.07, 6.45) is 8.36. The number of nitrogens with zero attached hydrogens (tertiary/aromatic N) is 1. The van der Waals surface area contributed by atoms with Crippen LogP contribution in [0.4, 0.5) is 10.5 Å². The van der Waals surface area contributed by atoms with Crippen molar-refractivity contribution in [3.05, 3.63) is 52.0 Å². The van der Waals surface area contributed by atoms with Gasteiger partial charge in [-0.1, -0.05) is 39.0 Å². The van der Waals surface area contributed by atoms with E-state index in [2.05, 4.69) is 28.2 Å². The highest BCUT2D eigenvalue weighted by Crippen LogP contribution is 2.37. The zero-order valence-corrected chi connectivity index (χ0v) is 22.4. The largest absolute Gasteiger partial charge is 0.497 e. The van der Waals surface area contributed by atoms with Crippen LogP contribution in [-0.4, -0.2) is 38.7 Å². The van der Waals surface area contributed by atoms with E-state index >= 15 is 0 Å². The van der Waals surface area contributed by atoms with Crippen LogP contribution in [0, 0.1) is 0 Å². The number of nitrogens with one attached hydrogen (secondary N) is 1. The van der Waals surface area contributed by atoms with Gasteiger partial charge in [0.2, 0.25) is 0 Å². The molecule has 9 heteroatoms. The molecule has 1 aliphatic rings. The van der Waals surface area contributed by atoms with E-state index in [9.17, 15) is 14.4 Å². The average molecular weight is 559 g/mol. The number of carbonyl (C=O) groups is 3. The molecule has 0 radical (unpaired) electrons. The monoisotopic (exact) mass is 558 g/mol. The third-order valence-corrected chi connectivity index (χ3v) is 6.33. The number of benzene rings is 2. The highest BCUT2D eigenvalue weighted by molar-refractivity contribution is 9.10. The number of ether oxygens (including phenoxy) is 3. The Labute approximate surface area is 219 Å². The summed E-state index contributed by atoms with van der Waals surface area (Å²) in [5.74, 6) is 0.100. The summed E-state index contributed by atoms with van der Waals surface area (Å²) >= 11 is 3.51. The first-order chi connectivity index (χ1) is 17.4. The van der Waals surface area contributed by atoms with Crippen LogP contribution in [0.15, 0.2) is 46.4 Å². The lowest BCUT2D eigenvalue weighted by Crippen LogP contribution is -2.54. The van der Waals surface area contributed by atoms with Crippen LogP contribution in [0.2, 0.25) is 0 Å². The number of carbonyl (C=O) groups excluding carboxylic acids is 3. The molecule has 1 N–H and O–H groups in total. The van der Waals surface area contributed by atoms with Crippen LogP contribution >= 0.6 is 15.9 Å². The average Bonchev–Trinajstić information content (AvgIpc) is 2.87. The summed E-state index contributed by atoms with van der Waals surface area (Å²) in [6, 6.07) is 9.00. The van der Waals surface area contributed by atoms with Crippen molar-refractivity contribution in [3.63, 3.8) is 0 Å². The Kier molecular flexibility index (Phi) is 9.93. The van der Waals surface area contributed by atoms with Gasteiger partial charge in [-0.15, -0.1) is 0 Å². The number of barbiturate groups is 1. The molecule has 0 aromatic heterocycles. The van der Waals surface area contributed by atoms with Crippen molar-refractivity contribution in [1.82, 2.24) is 5.32 Å². The number of imide groups is 2. The molecule has 2 aromatic carbocycles. The van der Waals surface area contributed by atoms with Crippen LogP contribution in [0.25, 0.3) is 6.08 Å². The zero-order valence-electron chi connectivity index (χ0n) is 20.8. The Hall–Kier alpha value is -3.33. The molecule has 36 heavy (non-hydrogen) atoms. The summed E-state index contributed by atoms with van der Waals surface area (Å²) in [6.45, 7) is 2.75. The van der Waals surface area contributed by atoms with Gasteiger partial charge < -0.3 is 14.2 Å². The molecule has 2 aromatic rings. The molecule has 1 fully saturated rings. The molecule has 1 heterocycles. The number of hydrogen-bond acceptors (Lipinski definition) is 6. The molecule has 0 bridgehead atoms. The first kappa shape index (κ1) is 27.3. The first-order valence-electron chi connectivity index (χ1n) is 12.0. The lowest BCUT2D eigenvalue weighted by Gasteiger charge is -2.26. The Morgan fingerprint density at radius 1 is 0.944 bits per heavy atom. The van der Waals surface area contributed by atoms with E-state index in [1.54, 1.807) is 36.4 Å². The molecule has 1 saturated heterocycles. The van der Waals surface area contributed by atoms with Crippen LogP contribution in [0.5, 0.6) is 17.2 Å². The van der Waals surface area contributed by atoms with E-state index in [0.717, 1.165) is 17.7 Å². The van der Waals surface area contributed by atoms with Crippen molar-refractivity contribution in [2.45, 2.75) is 45.4 Å². The fourth-order valence-corrected chi connectivity index (χ4v) is 4.38. The minimum Gasteiger partial charge on any atom is -0.497 e. The minimum absolute atomic E-state index is 0.180. The van der Waals surface area contributed by atoms with Gasteiger partial charge in [-0.2, -0.15) is 0 Å². The molecule has 0 spiro atoms. The number of rotatable bonds is 12. The lowest BCUT2D eigenvalue weighted by molar-refractivity contribution is -0.122. The van der Waals surface area contributed by atoms with Crippen LogP contribution in [0.3, 0.4) is 0 Å². The van der Waals surface area contributed by atoms with Gasteiger partial charge in [0, 0.05) is 0 Å². The predicted octanol–water partition coefficient (Wildman–Crippen LogP) is 5.87. The molecule has 8 nitrogen and oxygen atoms in total. The van der Waals surface area contributed by atoms with Crippen LogP contribution in [-0.2, 0) is 9.59 Å². The highest BCUT2D eigenvalue weighted by Gasteiger charge is 2.36. The quantitative estimate of drug-likeness (QED) is 0.199. The van der Waals surface area contributed by atoms with Crippen molar-refractivity contribution in [3.8, 4) is 17.2 Å². The van der Waals surface area contributed by atoms with E-state index < -0.39 is 17.8 Å². The normalized spacial score (nSPS) is 14.7. The molecule has 1 aliphatic heterocycles. The molecule has 4 amide bonds. The van der Waals surface area contributed by atoms with Gasteiger partial charge in [0.25, 0.3) is 11.8 Å². The van der Waals surface area contributed by atoms with E-state index in [1.807, 2.05) is 0 Å². The Morgan fingerprint density at radius 3 is 2.31 bits per heavy atom. The lowest BCUT2D eigenvalue weighted by atomic mass is 10.1. The molecule has 0 aliphatic carbocycles. The van der Waals surface area contributed by atoms with Gasteiger partial charge in [-0.25, -0.2) is 9.69 Å².